The minimum atomic E-state index is -1.15. The molecule has 1 amide bonds. The number of hydrogen-bond acceptors (Lipinski definition) is 3. The maximum Gasteiger partial charge on any atom is 0.328 e. The maximum atomic E-state index is 11.3. The third-order valence-corrected chi connectivity index (χ3v) is 1.31. The number of esters is 1. The molecule has 0 heterocycles. The third-order valence-electron chi connectivity index (χ3n) is 1.31. The standard InChI is InChI=1S/C9H17NO3/c1-6(2)5-8(9(12)13-4)10-7(3)11/h6,8H,5H2,1-4H3,(H,10,11)/t8-/m0/s1/i1+1,5+1D,6D,10+1/t5-,6?,8+/m1. The molecule has 0 saturated heterocycles. The van der Waals surface area contributed by atoms with E-state index >= 15 is 0 Å². The normalized spacial score (nSPS) is 21.5. The fourth-order valence-electron chi connectivity index (χ4n) is 0.848. The SMILES string of the molecule is [2H][13C@@H]([C@H]([15NH]C(C)=O)C(=O)OC)C([2H])(C)[13CH3]. The van der Waals surface area contributed by atoms with Crippen molar-refractivity contribution < 1.29 is 17.1 Å². The second-order valence-corrected chi connectivity index (χ2v) is 2.95. The number of ether oxygens (including phenoxy) is 1. The molecule has 0 aliphatic heterocycles. The van der Waals surface area contributed by atoms with Gasteiger partial charge in [-0.15, -0.1) is 0 Å². The predicted octanol–water partition coefficient (Wildman–Crippen LogP) is 0.710. The topological polar surface area (TPSA) is 55.4 Å². The largest absolute Gasteiger partial charge is 0.467 e. The molecule has 0 saturated carbocycles. The van der Waals surface area contributed by atoms with Gasteiger partial charge in [-0.1, -0.05) is 13.8 Å². The van der Waals surface area contributed by atoms with Crippen LogP contribution in [0.25, 0.3) is 0 Å². The van der Waals surface area contributed by atoms with Crippen molar-refractivity contribution in [3.05, 3.63) is 0 Å². The second kappa shape index (κ2) is 5.56. The van der Waals surface area contributed by atoms with Gasteiger partial charge in [-0.05, 0) is 12.3 Å². The predicted molar refractivity (Wildman–Crippen MR) is 49.1 cm³/mol. The number of amides is 1. The smallest absolute Gasteiger partial charge is 0.328 e. The number of nitrogens with one attached hydrogen (secondary N) is 1. The molecule has 4 nitrogen and oxygen atoms in total. The quantitative estimate of drug-likeness (QED) is 0.405. The lowest BCUT2D eigenvalue weighted by molar-refractivity contribution is -0.145. The van der Waals surface area contributed by atoms with Crippen molar-refractivity contribution in [2.45, 2.75) is 33.2 Å². The van der Waals surface area contributed by atoms with E-state index in [1.54, 1.807) is 0 Å². The van der Waals surface area contributed by atoms with Crippen LogP contribution in [0.4, 0.5) is 0 Å². The van der Waals surface area contributed by atoms with Gasteiger partial charge in [-0.3, -0.25) is 4.79 Å². The van der Waals surface area contributed by atoms with E-state index in [1.165, 1.54) is 27.9 Å². The summed E-state index contributed by atoms with van der Waals surface area (Å²) < 4.78 is 19.8. The first kappa shape index (κ1) is 8.53. The molecule has 0 aliphatic carbocycles. The molecule has 13 heavy (non-hydrogen) atoms. The Morgan fingerprint density at radius 2 is 2.15 bits per heavy atom. The zero-order valence-corrected chi connectivity index (χ0v) is 8.38. The van der Waals surface area contributed by atoms with Crippen LogP contribution in [0.3, 0.4) is 0 Å². The molecule has 4 heteroatoms. The van der Waals surface area contributed by atoms with Gasteiger partial charge in [0.25, 0.3) is 0 Å². The lowest BCUT2D eigenvalue weighted by Gasteiger charge is -2.16. The zero-order valence-electron chi connectivity index (χ0n) is 10.4. The van der Waals surface area contributed by atoms with Crippen LogP contribution in [-0.2, 0) is 14.3 Å². The number of rotatable bonds is 4. The minimum Gasteiger partial charge on any atom is -0.467 e. The van der Waals surface area contributed by atoms with Gasteiger partial charge in [-0.2, -0.15) is 0 Å². The van der Waals surface area contributed by atoms with Gasteiger partial charge in [-0.25, -0.2) is 4.79 Å². The highest BCUT2D eigenvalue weighted by Gasteiger charge is 2.20. The van der Waals surface area contributed by atoms with E-state index in [4.69, 9.17) is 2.74 Å². The van der Waals surface area contributed by atoms with Gasteiger partial charge in [0.05, 0.1) is 7.11 Å². The third kappa shape index (κ3) is 5.22. The number of methoxy groups -OCH3 is 1. The Kier molecular flexibility index (Phi) is 3.65. The van der Waals surface area contributed by atoms with Gasteiger partial charge in [0, 0.05) is 9.67 Å². The maximum absolute atomic E-state index is 11.3. The monoisotopic (exact) mass is 192 g/mol. The Hall–Kier alpha value is -1.06. The Morgan fingerprint density at radius 3 is 2.46 bits per heavy atom. The molecule has 0 radical (unpaired) electrons. The van der Waals surface area contributed by atoms with E-state index in [0.717, 1.165) is 0 Å². The van der Waals surface area contributed by atoms with Crippen LogP contribution in [-0.4, -0.2) is 25.0 Å². The van der Waals surface area contributed by atoms with Crippen molar-refractivity contribution >= 4 is 11.9 Å². The molecular formula is C9H17NO3. The summed E-state index contributed by atoms with van der Waals surface area (Å²) in [6.45, 7) is 4.25. The van der Waals surface area contributed by atoms with Gasteiger partial charge in [0.1, 0.15) is 6.04 Å². The molecule has 1 unspecified atom stereocenters. The second-order valence-electron chi connectivity index (χ2n) is 2.95. The van der Waals surface area contributed by atoms with E-state index in [9.17, 15) is 9.59 Å². The highest BCUT2D eigenvalue weighted by atomic mass is 16.5. The first-order valence-electron chi connectivity index (χ1n) is 5.05. The summed E-state index contributed by atoms with van der Waals surface area (Å²) in [6, 6.07) is -1.10. The summed E-state index contributed by atoms with van der Waals surface area (Å²) in [6.07, 6.45) is -1.08. The van der Waals surface area contributed by atoms with Crippen molar-refractivity contribution in [2.24, 2.45) is 5.89 Å². The van der Waals surface area contributed by atoms with Crippen molar-refractivity contribution in [3.63, 3.8) is 0 Å². The van der Waals surface area contributed by atoms with Crippen LogP contribution < -0.4 is 5.32 Å². The van der Waals surface area contributed by atoms with Crippen LogP contribution in [0.2, 0.25) is 0 Å². The number of carbonyl (C=O) groups excluding carboxylic acids is 2. The summed E-state index contributed by atoms with van der Waals surface area (Å²) in [5, 5.41) is 2.32. The van der Waals surface area contributed by atoms with Gasteiger partial charge >= 0.3 is 5.97 Å². The zero-order chi connectivity index (χ0) is 12.2. The Balaban J connectivity index is 4.78. The van der Waals surface area contributed by atoms with Crippen molar-refractivity contribution in [1.82, 2.24) is 5.32 Å². The van der Waals surface area contributed by atoms with Crippen LogP contribution >= 0.6 is 0 Å². The molecule has 0 aliphatic rings. The van der Waals surface area contributed by atoms with Gasteiger partial charge < -0.3 is 10.1 Å². The minimum absolute atomic E-state index is 0.424. The summed E-state index contributed by atoms with van der Waals surface area (Å²) in [4.78, 5) is 22.1. The molecule has 0 fully saturated rings. The van der Waals surface area contributed by atoms with Crippen LogP contribution in [0.5, 0.6) is 0 Å². The molecular weight excluding hydrogens is 173 g/mol. The van der Waals surface area contributed by atoms with Gasteiger partial charge in [0.15, 0.2) is 0 Å². The highest BCUT2D eigenvalue weighted by Crippen LogP contribution is 2.05. The summed E-state index contributed by atoms with van der Waals surface area (Å²) in [7, 11) is 1.18. The summed E-state index contributed by atoms with van der Waals surface area (Å²) >= 11 is 0. The van der Waals surface area contributed by atoms with Gasteiger partial charge in [0.2, 0.25) is 5.91 Å². The van der Waals surface area contributed by atoms with E-state index < -0.39 is 30.2 Å². The summed E-state index contributed by atoms with van der Waals surface area (Å²) in [5.41, 5.74) is 0. The molecule has 0 rings (SSSR count). The highest BCUT2D eigenvalue weighted by molar-refractivity contribution is 5.83. The van der Waals surface area contributed by atoms with Crippen LogP contribution in [0, 0.1) is 5.89 Å². The average molecular weight is 192 g/mol. The Morgan fingerprint density at radius 1 is 1.62 bits per heavy atom. The summed E-state index contributed by atoms with van der Waals surface area (Å²) in [5.74, 6) is -2.28. The van der Waals surface area contributed by atoms with E-state index in [0.29, 0.717) is 0 Å². The molecule has 76 valence electrons. The molecule has 0 spiro atoms. The van der Waals surface area contributed by atoms with Crippen LogP contribution in [0.15, 0.2) is 0 Å². The van der Waals surface area contributed by atoms with Crippen molar-refractivity contribution in [3.8, 4) is 0 Å². The van der Waals surface area contributed by atoms with E-state index in [2.05, 4.69) is 10.1 Å². The molecule has 0 aromatic heterocycles. The first-order valence-corrected chi connectivity index (χ1v) is 3.97. The Labute approximate surface area is 81.5 Å². The molecule has 0 aromatic rings. The first-order chi connectivity index (χ1) is 6.70. The molecule has 0 aromatic carbocycles. The van der Waals surface area contributed by atoms with Crippen molar-refractivity contribution in [1.29, 1.82) is 0 Å². The molecule has 3 atom stereocenters. The van der Waals surface area contributed by atoms with E-state index in [1.807, 2.05) is 0 Å². The lowest BCUT2D eigenvalue weighted by Crippen LogP contribution is -2.41. The number of hydrogen-bond donors (Lipinski definition) is 1. The fraction of sp³-hybridized carbons (Fsp3) is 0.778. The van der Waals surface area contributed by atoms with Crippen molar-refractivity contribution in [2.75, 3.05) is 7.11 Å². The van der Waals surface area contributed by atoms with E-state index in [-0.39, 0.29) is 0 Å². The van der Waals surface area contributed by atoms with Crippen LogP contribution in [0.1, 0.15) is 29.9 Å². The number of carbonyl (C=O) groups is 2. The lowest BCUT2D eigenvalue weighted by atomic mass is 10.3. The average Bonchev–Trinajstić information content (AvgIpc) is 2.10. The molecule has 1 N–H and O–H groups in total. The fourth-order valence-corrected chi connectivity index (χ4v) is 0.848. The molecule has 0 bridgehead atoms. The Bertz CT molecular complexity index is 250.